The molecule has 15 heavy (non-hydrogen) atoms. The highest BCUT2D eigenvalue weighted by molar-refractivity contribution is 5.92. The second kappa shape index (κ2) is 3.69. The van der Waals surface area contributed by atoms with Gasteiger partial charge in [-0.15, -0.1) is 5.10 Å². The lowest BCUT2D eigenvalue weighted by Crippen LogP contribution is -2.11. The van der Waals surface area contributed by atoms with Gasteiger partial charge in [0.1, 0.15) is 0 Å². The molecular formula is C12H13N3. The Morgan fingerprint density at radius 2 is 2.13 bits per heavy atom. The molecule has 76 valence electrons. The van der Waals surface area contributed by atoms with Gasteiger partial charge < -0.3 is 4.90 Å². The van der Waals surface area contributed by atoms with Crippen molar-refractivity contribution in [1.82, 2.24) is 10.2 Å². The first-order valence-electron chi connectivity index (χ1n) is 4.77. The monoisotopic (exact) mass is 199 g/mol. The van der Waals surface area contributed by atoms with Crippen molar-refractivity contribution >= 4 is 22.7 Å². The van der Waals surface area contributed by atoms with E-state index in [2.05, 4.69) is 28.9 Å². The van der Waals surface area contributed by atoms with Crippen LogP contribution in [0.3, 0.4) is 0 Å². The van der Waals surface area contributed by atoms with E-state index >= 15 is 0 Å². The Kier molecular flexibility index (Phi) is 2.37. The number of hydrogen-bond donors (Lipinski definition) is 0. The summed E-state index contributed by atoms with van der Waals surface area (Å²) in [6.07, 6.45) is 3.60. The first-order chi connectivity index (χ1) is 7.22. The van der Waals surface area contributed by atoms with Crippen LogP contribution in [0.25, 0.3) is 16.8 Å². The Bertz CT molecular complexity index is 503. The molecule has 0 bridgehead atoms. The molecule has 0 unspecified atom stereocenters. The van der Waals surface area contributed by atoms with Crippen LogP contribution in [0.5, 0.6) is 0 Å². The van der Waals surface area contributed by atoms with Crippen molar-refractivity contribution < 1.29 is 0 Å². The topological polar surface area (TPSA) is 29.0 Å². The van der Waals surface area contributed by atoms with Crippen LogP contribution in [0, 0.1) is 0 Å². The molecule has 0 saturated heterocycles. The Hall–Kier alpha value is -1.90. The van der Waals surface area contributed by atoms with Gasteiger partial charge in [-0.25, -0.2) is 0 Å². The highest BCUT2D eigenvalue weighted by atomic mass is 15.2. The zero-order valence-corrected chi connectivity index (χ0v) is 8.94. The van der Waals surface area contributed by atoms with E-state index in [1.54, 1.807) is 6.20 Å². The molecular weight excluding hydrogens is 186 g/mol. The van der Waals surface area contributed by atoms with Gasteiger partial charge >= 0.3 is 0 Å². The molecule has 1 aromatic carbocycles. The number of hydrogen-bond acceptors (Lipinski definition) is 3. The summed E-state index contributed by atoms with van der Waals surface area (Å²) in [6.45, 7) is 3.75. The number of anilines is 1. The zero-order chi connectivity index (χ0) is 10.8. The lowest BCUT2D eigenvalue weighted by molar-refractivity contribution is 0.981. The van der Waals surface area contributed by atoms with Crippen molar-refractivity contribution in [3.8, 4) is 0 Å². The minimum atomic E-state index is 0.892. The van der Waals surface area contributed by atoms with E-state index in [9.17, 15) is 0 Å². The standard InChI is InChI=1S/C12H13N3/c1-4-9-5-6-11-10(7-9)8-13-14-12(11)15(2)3/h4-8H,1H2,2-3H3. The van der Waals surface area contributed by atoms with Crippen molar-refractivity contribution in [2.75, 3.05) is 19.0 Å². The fourth-order valence-electron chi connectivity index (χ4n) is 1.55. The van der Waals surface area contributed by atoms with E-state index in [1.165, 1.54) is 0 Å². The summed E-state index contributed by atoms with van der Waals surface area (Å²) in [4.78, 5) is 1.96. The molecule has 0 saturated carbocycles. The van der Waals surface area contributed by atoms with Crippen LogP contribution in [0.1, 0.15) is 5.56 Å². The maximum Gasteiger partial charge on any atom is 0.158 e. The van der Waals surface area contributed by atoms with Gasteiger partial charge in [-0.05, 0) is 17.7 Å². The fourth-order valence-corrected chi connectivity index (χ4v) is 1.55. The maximum absolute atomic E-state index is 4.11. The molecule has 1 aromatic heterocycles. The molecule has 0 aliphatic heterocycles. The first kappa shape index (κ1) is 9.65. The summed E-state index contributed by atoms with van der Waals surface area (Å²) >= 11 is 0. The fraction of sp³-hybridized carbons (Fsp3) is 0.167. The molecule has 2 aromatic rings. The van der Waals surface area contributed by atoms with Gasteiger partial charge in [0.05, 0.1) is 6.20 Å². The summed E-state index contributed by atoms with van der Waals surface area (Å²) in [5, 5.41) is 10.3. The Morgan fingerprint density at radius 1 is 1.33 bits per heavy atom. The number of aromatic nitrogens is 2. The van der Waals surface area contributed by atoms with Gasteiger partial charge in [0.2, 0.25) is 0 Å². The highest BCUT2D eigenvalue weighted by Crippen LogP contribution is 2.23. The van der Waals surface area contributed by atoms with Crippen molar-refractivity contribution in [2.45, 2.75) is 0 Å². The Morgan fingerprint density at radius 3 is 2.80 bits per heavy atom. The quantitative estimate of drug-likeness (QED) is 0.743. The lowest BCUT2D eigenvalue weighted by Gasteiger charge is -2.12. The minimum absolute atomic E-state index is 0.892. The van der Waals surface area contributed by atoms with Crippen molar-refractivity contribution in [3.63, 3.8) is 0 Å². The normalized spacial score (nSPS) is 10.3. The van der Waals surface area contributed by atoms with Crippen LogP contribution in [0.15, 0.2) is 31.0 Å². The predicted molar refractivity (Wildman–Crippen MR) is 64.0 cm³/mol. The number of nitrogens with zero attached hydrogens (tertiary/aromatic N) is 3. The molecule has 0 spiro atoms. The average molecular weight is 199 g/mol. The molecule has 3 heteroatoms. The SMILES string of the molecule is C=Cc1ccc2c(N(C)C)nncc2c1. The van der Waals surface area contributed by atoms with Gasteiger partial charge in [-0.2, -0.15) is 5.10 Å². The Balaban J connectivity index is 2.72. The number of rotatable bonds is 2. The van der Waals surface area contributed by atoms with Crippen LogP contribution >= 0.6 is 0 Å². The second-order valence-electron chi connectivity index (χ2n) is 3.61. The molecule has 2 rings (SSSR count). The third kappa shape index (κ3) is 1.68. The molecule has 0 fully saturated rings. The average Bonchev–Trinajstić information content (AvgIpc) is 2.27. The summed E-state index contributed by atoms with van der Waals surface area (Å²) in [6, 6.07) is 6.14. The summed E-state index contributed by atoms with van der Waals surface area (Å²) in [7, 11) is 3.93. The summed E-state index contributed by atoms with van der Waals surface area (Å²) in [5.41, 5.74) is 1.10. The van der Waals surface area contributed by atoms with E-state index in [0.29, 0.717) is 0 Å². The summed E-state index contributed by atoms with van der Waals surface area (Å²) < 4.78 is 0. The van der Waals surface area contributed by atoms with E-state index in [0.717, 1.165) is 22.2 Å². The van der Waals surface area contributed by atoms with Gasteiger partial charge in [0, 0.05) is 24.9 Å². The third-order valence-corrected chi connectivity index (χ3v) is 2.33. The predicted octanol–water partition coefficient (Wildman–Crippen LogP) is 2.34. The lowest BCUT2D eigenvalue weighted by atomic mass is 10.1. The van der Waals surface area contributed by atoms with Crippen LogP contribution in [0.4, 0.5) is 5.82 Å². The van der Waals surface area contributed by atoms with Crippen LogP contribution in [0.2, 0.25) is 0 Å². The third-order valence-electron chi connectivity index (χ3n) is 2.33. The van der Waals surface area contributed by atoms with Crippen LogP contribution in [-0.2, 0) is 0 Å². The number of benzene rings is 1. The molecule has 0 atom stereocenters. The molecule has 0 amide bonds. The van der Waals surface area contributed by atoms with E-state index in [1.807, 2.05) is 31.1 Å². The molecule has 1 heterocycles. The first-order valence-corrected chi connectivity index (χ1v) is 4.77. The highest BCUT2D eigenvalue weighted by Gasteiger charge is 2.04. The van der Waals surface area contributed by atoms with Gasteiger partial charge in [-0.3, -0.25) is 0 Å². The van der Waals surface area contributed by atoms with E-state index in [-0.39, 0.29) is 0 Å². The van der Waals surface area contributed by atoms with Crippen molar-refractivity contribution in [1.29, 1.82) is 0 Å². The molecule has 0 radical (unpaired) electrons. The zero-order valence-electron chi connectivity index (χ0n) is 8.94. The van der Waals surface area contributed by atoms with Crippen LogP contribution < -0.4 is 4.90 Å². The number of fused-ring (bicyclic) bond motifs is 1. The molecule has 0 aliphatic carbocycles. The van der Waals surface area contributed by atoms with Crippen molar-refractivity contribution in [3.05, 3.63) is 36.5 Å². The molecule has 0 N–H and O–H groups in total. The Labute approximate surface area is 89.1 Å². The van der Waals surface area contributed by atoms with Gasteiger partial charge in [0.25, 0.3) is 0 Å². The largest absolute Gasteiger partial charge is 0.361 e. The second-order valence-corrected chi connectivity index (χ2v) is 3.61. The minimum Gasteiger partial charge on any atom is -0.361 e. The molecule has 3 nitrogen and oxygen atoms in total. The maximum atomic E-state index is 4.11. The van der Waals surface area contributed by atoms with Gasteiger partial charge in [0.15, 0.2) is 5.82 Å². The smallest absolute Gasteiger partial charge is 0.158 e. The summed E-state index contributed by atoms with van der Waals surface area (Å²) in [5.74, 6) is 0.892. The van der Waals surface area contributed by atoms with Crippen molar-refractivity contribution in [2.24, 2.45) is 0 Å². The van der Waals surface area contributed by atoms with Gasteiger partial charge in [-0.1, -0.05) is 18.7 Å². The molecule has 0 aliphatic rings. The van der Waals surface area contributed by atoms with E-state index in [4.69, 9.17) is 0 Å². The van der Waals surface area contributed by atoms with E-state index < -0.39 is 0 Å². The van der Waals surface area contributed by atoms with Crippen LogP contribution in [-0.4, -0.2) is 24.3 Å².